The summed E-state index contributed by atoms with van der Waals surface area (Å²) in [5.41, 5.74) is 1.08. The smallest absolute Gasteiger partial charge is 0.416 e. The Kier molecular flexibility index (Phi) is 10.3. The lowest BCUT2D eigenvalue weighted by molar-refractivity contribution is -0.137. The molecular formula is C30H34F3N3O4. The number of anilines is 1. The van der Waals surface area contributed by atoms with Crippen LogP contribution in [0.25, 0.3) is 0 Å². The third-order valence-electron chi connectivity index (χ3n) is 6.57. The standard InChI is InChI=1S/C30H34F3N3O4/c1-38-28-19-24(11-12-27(28)40-22-23-7-3-2-4-8-23)21-36(14-6-13-35-15-17-39-18-16-35)29(37)34-26-10-5-9-25(20-26)30(31,32)33/h2-5,7-12,19-20H,6,13-18,21-22H2,1H3,(H,34,37). The van der Waals surface area contributed by atoms with Gasteiger partial charge in [0.2, 0.25) is 0 Å². The zero-order chi connectivity index (χ0) is 28.4. The molecule has 0 aromatic heterocycles. The molecule has 3 aromatic carbocycles. The van der Waals surface area contributed by atoms with Crippen molar-refractivity contribution in [2.45, 2.75) is 25.7 Å². The normalized spacial score (nSPS) is 14.0. The van der Waals surface area contributed by atoms with Gasteiger partial charge in [0.25, 0.3) is 0 Å². The molecule has 1 heterocycles. The highest BCUT2D eigenvalue weighted by Gasteiger charge is 2.30. The Labute approximate surface area is 232 Å². The lowest BCUT2D eigenvalue weighted by atomic mass is 10.1. The lowest BCUT2D eigenvalue weighted by Gasteiger charge is -2.28. The Morgan fingerprint density at radius 1 is 0.975 bits per heavy atom. The van der Waals surface area contributed by atoms with E-state index in [1.54, 1.807) is 18.1 Å². The van der Waals surface area contributed by atoms with Crippen LogP contribution in [0.4, 0.5) is 23.7 Å². The molecule has 10 heteroatoms. The van der Waals surface area contributed by atoms with Crippen LogP contribution < -0.4 is 14.8 Å². The van der Waals surface area contributed by atoms with Crippen LogP contribution >= 0.6 is 0 Å². The summed E-state index contributed by atoms with van der Waals surface area (Å²) in [6.07, 6.45) is -3.80. The van der Waals surface area contributed by atoms with Crippen molar-refractivity contribution < 1.29 is 32.2 Å². The van der Waals surface area contributed by atoms with Gasteiger partial charge in [0.1, 0.15) is 6.61 Å². The summed E-state index contributed by atoms with van der Waals surface area (Å²) in [6.45, 7) is 4.84. The molecule has 1 aliphatic rings. The topological polar surface area (TPSA) is 63.3 Å². The van der Waals surface area contributed by atoms with Gasteiger partial charge in [0.05, 0.1) is 25.9 Å². The molecule has 0 radical (unpaired) electrons. The number of rotatable bonds is 11. The molecule has 0 aliphatic carbocycles. The molecule has 0 atom stereocenters. The Morgan fingerprint density at radius 3 is 2.48 bits per heavy atom. The zero-order valence-electron chi connectivity index (χ0n) is 22.5. The van der Waals surface area contributed by atoms with E-state index < -0.39 is 17.8 Å². The molecule has 7 nitrogen and oxygen atoms in total. The lowest BCUT2D eigenvalue weighted by Crippen LogP contribution is -2.40. The van der Waals surface area contributed by atoms with E-state index in [2.05, 4.69) is 10.2 Å². The molecule has 1 fully saturated rings. The second-order valence-corrected chi connectivity index (χ2v) is 9.50. The zero-order valence-corrected chi connectivity index (χ0v) is 22.5. The summed E-state index contributed by atoms with van der Waals surface area (Å²) < 4.78 is 56.5. The summed E-state index contributed by atoms with van der Waals surface area (Å²) in [7, 11) is 1.55. The molecule has 3 aromatic rings. The van der Waals surface area contributed by atoms with Crippen molar-refractivity contribution in [2.75, 3.05) is 51.8 Å². The summed E-state index contributed by atoms with van der Waals surface area (Å²) in [6, 6.07) is 19.4. The Morgan fingerprint density at radius 2 is 1.75 bits per heavy atom. The van der Waals surface area contributed by atoms with Crippen LogP contribution in [0.15, 0.2) is 72.8 Å². The number of nitrogens with zero attached hydrogens (tertiary/aromatic N) is 2. The number of hydrogen-bond acceptors (Lipinski definition) is 5. The summed E-state index contributed by atoms with van der Waals surface area (Å²) in [5, 5.41) is 2.64. The van der Waals surface area contributed by atoms with Crippen LogP contribution in [-0.4, -0.2) is 62.3 Å². The van der Waals surface area contributed by atoms with E-state index in [0.29, 0.717) is 44.3 Å². The number of halogens is 3. The highest BCUT2D eigenvalue weighted by atomic mass is 19.4. The third kappa shape index (κ3) is 8.62. The molecule has 0 spiro atoms. The molecule has 40 heavy (non-hydrogen) atoms. The second kappa shape index (κ2) is 14.0. The van der Waals surface area contributed by atoms with Gasteiger partial charge in [-0.2, -0.15) is 13.2 Å². The maximum absolute atomic E-state index is 13.3. The van der Waals surface area contributed by atoms with Crippen molar-refractivity contribution in [3.8, 4) is 11.5 Å². The SMILES string of the molecule is COc1cc(CN(CCCN2CCOCC2)C(=O)Nc2cccc(C(F)(F)F)c2)ccc1OCc1ccccc1. The quantitative estimate of drug-likeness (QED) is 0.311. The van der Waals surface area contributed by atoms with E-state index in [0.717, 1.165) is 42.9 Å². The van der Waals surface area contributed by atoms with Gasteiger partial charge in [-0.15, -0.1) is 0 Å². The number of morpholine rings is 1. The molecule has 1 saturated heterocycles. The highest BCUT2D eigenvalue weighted by Crippen LogP contribution is 2.31. The van der Waals surface area contributed by atoms with Gasteiger partial charge in [0, 0.05) is 38.4 Å². The van der Waals surface area contributed by atoms with Crippen LogP contribution in [0.2, 0.25) is 0 Å². The molecule has 214 valence electrons. The molecule has 0 bridgehead atoms. The van der Waals surface area contributed by atoms with Crippen LogP contribution in [-0.2, 0) is 24.1 Å². The molecule has 1 aliphatic heterocycles. The number of carbonyl (C=O) groups excluding carboxylic acids is 1. The number of carbonyl (C=O) groups is 1. The van der Waals surface area contributed by atoms with Crippen molar-refractivity contribution in [1.82, 2.24) is 9.80 Å². The molecule has 4 rings (SSSR count). The van der Waals surface area contributed by atoms with Gasteiger partial charge in [-0.1, -0.05) is 42.5 Å². The van der Waals surface area contributed by atoms with E-state index in [4.69, 9.17) is 14.2 Å². The maximum atomic E-state index is 13.3. The molecule has 0 unspecified atom stereocenters. The Hall–Kier alpha value is -3.76. The first-order valence-corrected chi connectivity index (χ1v) is 13.2. The minimum Gasteiger partial charge on any atom is -0.493 e. The maximum Gasteiger partial charge on any atom is 0.416 e. The number of ether oxygens (including phenoxy) is 3. The van der Waals surface area contributed by atoms with Gasteiger partial charge < -0.3 is 24.4 Å². The predicted molar refractivity (Wildman–Crippen MR) is 147 cm³/mol. The fourth-order valence-electron chi connectivity index (χ4n) is 4.42. The summed E-state index contributed by atoms with van der Waals surface area (Å²) >= 11 is 0. The first-order chi connectivity index (χ1) is 19.3. The van der Waals surface area contributed by atoms with Crippen LogP contribution in [0.1, 0.15) is 23.1 Å². The van der Waals surface area contributed by atoms with Crippen molar-refractivity contribution >= 4 is 11.7 Å². The van der Waals surface area contributed by atoms with E-state index in [-0.39, 0.29) is 12.2 Å². The second-order valence-electron chi connectivity index (χ2n) is 9.50. The highest BCUT2D eigenvalue weighted by molar-refractivity contribution is 5.89. The molecule has 1 N–H and O–H groups in total. The summed E-state index contributed by atoms with van der Waals surface area (Å²) in [5.74, 6) is 1.10. The fourth-order valence-corrected chi connectivity index (χ4v) is 4.42. The van der Waals surface area contributed by atoms with Crippen molar-refractivity contribution in [1.29, 1.82) is 0 Å². The van der Waals surface area contributed by atoms with Crippen molar-refractivity contribution in [3.63, 3.8) is 0 Å². The van der Waals surface area contributed by atoms with Gasteiger partial charge >= 0.3 is 12.2 Å². The van der Waals surface area contributed by atoms with E-state index in [9.17, 15) is 18.0 Å². The van der Waals surface area contributed by atoms with Gasteiger partial charge in [-0.05, 0) is 47.9 Å². The number of urea groups is 1. The fraction of sp³-hybridized carbons (Fsp3) is 0.367. The minimum atomic E-state index is -4.50. The van der Waals surface area contributed by atoms with Crippen molar-refractivity contribution in [3.05, 3.63) is 89.5 Å². The van der Waals surface area contributed by atoms with Gasteiger partial charge in [0.15, 0.2) is 11.5 Å². The number of amides is 2. The third-order valence-corrected chi connectivity index (χ3v) is 6.57. The number of alkyl halides is 3. The number of nitrogens with one attached hydrogen (secondary N) is 1. The minimum absolute atomic E-state index is 0.0836. The van der Waals surface area contributed by atoms with Crippen LogP contribution in [0.3, 0.4) is 0 Å². The van der Waals surface area contributed by atoms with Crippen molar-refractivity contribution in [2.24, 2.45) is 0 Å². The van der Waals surface area contributed by atoms with Crippen LogP contribution in [0, 0.1) is 0 Å². The number of hydrogen-bond donors (Lipinski definition) is 1. The first kappa shape index (κ1) is 29.2. The first-order valence-electron chi connectivity index (χ1n) is 13.2. The molecule has 0 saturated carbocycles. The average molecular weight is 558 g/mol. The van der Waals surface area contributed by atoms with E-state index in [1.165, 1.54) is 12.1 Å². The largest absolute Gasteiger partial charge is 0.493 e. The Bertz CT molecular complexity index is 1230. The summed E-state index contributed by atoms with van der Waals surface area (Å²) in [4.78, 5) is 17.2. The monoisotopic (exact) mass is 557 g/mol. The Balaban J connectivity index is 1.46. The number of methoxy groups -OCH3 is 1. The van der Waals surface area contributed by atoms with E-state index in [1.807, 2.05) is 42.5 Å². The van der Waals surface area contributed by atoms with Crippen LogP contribution in [0.5, 0.6) is 11.5 Å². The molecular weight excluding hydrogens is 523 g/mol. The predicted octanol–water partition coefficient (Wildman–Crippen LogP) is 6.05. The van der Waals surface area contributed by atoms with E-state index >= 15 is 0 Å². The van der Waals surface area contributed by atoms with Gasteiger partial charge in [-0.25, -0.2) is 4.79 Å². The average Bonchev–Trinajstić information content (AvgIpc) is 2.96. The molecule has 2 amide bonds. The van der Waals surface area contributed by atoms with Gasteiger partial charge in [-0.3, -0.25) is 4.90 Å². The number of benzene rings is 3.